The third-order valence-electron chi connectivity index (χ3n) is 3.55. The second kappa shape index (κ2) is 6.24. The Hall–Kier alpha value is -1.59. The molecular weight excluding hydrogens is 256 g/mol. The SMILES string of the molecule is CCC1Oc2ccc(C(N)COC)cc2N(CC)C1=O. The van der Waals surface area contributed by atoms with E-state index < -0.39 is 0 Å². The van der Waals surface area contributed by atoms with Crippen molar-refractivity contribution < 1.29 is 14.3 Å². The van der Waals surface area contributed by atoms with Crippen molar-refractivity contribution in [1.82, 2.24) is 0 Å². The van der Waals surface area contributed by atoms with Crippen molar-refractivity contribution in [3.63, 3.8) is 0 Å². The zero-order chi connectivity index (χ0) is 14.7. The minimum Gasteiger partial charge on any atom is -0.478 e. The molecule has 0 spiro atoms. The van der Waals surface area contributed by atoms with Crippen molar-refractivity contribution in [3.8, 4) is 5.75 Å². The van der Waals surface area contributed by atoms with Crippen molar-refractivity contribution in [2.24, 2.45) is 5.73 Å². The van der Waals surface area contributed by atoms with E-state index in [-0.39, 0.29) is 18.1 Å². The number of fused-ring (bicyclic) bond motifs is 1. The molecule has 0 aromatic heterocycles. The Morgan fingerprint density at radius 1 is 1.45 bits per heavy atom. The van der Waals surface area contributed by atoms with Gasteiger partial charge in [-0.1, -0.05) is 13.0 Å². The molecule has 2 N–H and O–H groups in total. The van der Waals surface area contributed by atoms with E-state index in [1.54, 1.807) is 12.0 Å². The first kappa shape index (κ1) is 14.8. The van der Waals surface area contributed by atoms with E-state index in [9.17, 15) is 4.79 Å². The molecule has 1 amide bonds. The van der Waals surface area contributed by atoms with Crippen LogP contribution >= 0.6 is 0 Å². The summed E-state index contributed by atoms with van der Waals surface area (Å²) in [5.74, 6) is 0.756. The molecule has 1 aromatic carbocycles. The molecule has 20 heavy (non-hydrogen) atoms. The van der Waals surface area contributed by atoms with Crippen LogP contribution in [0.3, 0.4) is 0 Å². The number of hydrogen-bond acceptors (Lipinski definition) is 4. The number of methoxy groups -OCH3 is 1. The number of carbonyl (C=O) groups excluding carboxylic acids is 1. The normalized spacial score (nSPS) is 19.5. The molecule has 0 fully saturated rings. The Bertz CT molecular complexity index is 490. The number of likely N-dealkylation sites (N-methyl/N-ethyl adjacent to an activating group) is 1. The summed E-state index contributed by atoms with van der Waals surface area (Å²) in [5.41, 5.74) is 7.78. The van der Waals surface area contributed by atoms with Crippen molar-refractivity contribution >= 4 is 11.6 Å². The van der Waals surface area contributed by atoms with Gasteiger partial charge in [-0.3, -0.25) is 4.79 Å². The highest BCUT2D eigenvalue weighted by Gasteiger charge is 2.32. The van der Waals surface area contributed by atoms with Crippen molar-refractivity contribution in [2.45, 2.75) is 32.4 Å². The van der Waals surface area contributed by atoms with Gasteiger partial charge in [-0.15, -0.1) is 0 Å². The number of nitrogens with two attached hydrogens (primary N) is 1. The monoisotopic (exact) mass is 278 g/mol. The van der Waals surface area contributed by atoms with Gasteiger partial charge >= 0.3 is 0 Å². The highest BCUT2D eigenvalue weighted by Crippen LogP contribution is 2.36. The number of benzene rings is 1. The maximum Gasteiger partial charge on any atom is 0.268 e. The van der Waals surface area contributed by atoms with Gasteiger partial charge in [0.05, 0.1) is 18.3 Å². The fourth-order valence-corrected chi connectivity index (χ4v) is 2.43. The third-order valence-corrected chi connectivity index (χ3v) is 3.55. The van der Waals surface area contributed by atoms with Gasteiger partial charge in [0, 0.05) is 13.7 Å². The molecule has 0 aliphatic carbocycles. The van der Waals surface area contributed by atoms with Crippen molar-refractivity contribution in [1.29, 1.82) is 0 Å². The maximum absolute atomic E-state index is 12.3. The van der Waals surface area contributed by atoms with Gasteiger partial charge in [0.25, 0.3) is 5.91 Å². The van der Waals surface area contributed by atoms with Crippen LogP contribution < -0.4 is 15.4 Å². The molecule has 0 radical (unpaired) electrons. The van der Waals surface area contributed by atoms with Crippen LogP contribution in [0.4, 0.5) is 5.69 Å². The fraction of sp³-hybridized carbons (Fsp3) is 0.533. The third kappa shape index (κ3) is 2.64. The predicted octanol–water partition coefficient (Wildman–Crippen LogP) is 1.86. The molecule has 0 saturated carbocycles. The number of rotatable bonds is 5. The van der Waals surface area contributed by atoms with Gasteiger partial charge in [-0.05, 0) is 31.0 Å². The lowest BCUT2D eigenvalue weighted by Crippen LogP contribution is -2.45. The first-order chi connectivity index (χ1) is 9.62. The Labute approximate surface area is 119 Å². The molecule has 5 nitrogen and oxygen atoms in total. The standard InChI is InChI=1S/C15H22N2O3/c1-4-13-15(18)17(5-2)12-8-10(11(16)9-19-3)6-7-14(12)20-13/h6-8,11,13H,4-5,9,16H2,1-3H3. The molecule has 1 aliphatic rings. The molecule has 2 rings (SSSR count). The summed E-state index contributed by atoms with van der Waals surface area (Å²) >= 11 is 0. The molecule has 1 heterocycles. The lowest BCUT2D eigenvalue weighted by atomic mass is 10.0. The van der Waals surface area contributed by atoms with Crippen LogP contribution in [0.2, 0.25) is 0 Å². The Kier molecular flexibility index (Phi) is 4.62. The Morgan fingerprint density at radius 3 is 2.80 bits per heavy atom. The second-order valence-electron chi connectivity index (χ2n) is 4.89. The van der Waals surface area contributed by atoms with E-state index >= 15 is 0 Å². The molecule has 0 saturated heterocycles. The topological polar surface area (TPSA) is 64.8 Å². The van der Waals surface area contributed by atoms with Crippen LogP contribution in [0.25, 0.3) is 0 Å². The summed E-state index contributed by atoms with van der Waals surface area (Å²) in [7, 11) is 1.62. The van der Waals surface area contributed by atoms with E-state index in [0.717, 1.165) is 17.0 Å². The lowest BCUT2D eigenvalue weighted by Gasteiger charge is -2.34. The van der Waals surface area contributed by atoms with Crippen LogP contribution in [0, 0.1) is 0 Å². The van der Waals surface area contributed by atoms with Crippen molar-refractivity contribution in [3.05, 3.63) is 23.8 Å². The summed E-state index contributed by atoms with van der Waals surface area (Å²) in [4.78, 5) is 14.1. The second-order valence-corrected chi connectivity index (χ2v) is 4.89. The molecule has 110 valence electrons. The van der Waals surface area contributed by atoms with Gasteiger partial charge in [-0.25, -0.2) is 0 Å². The number of nitrogens with zero attached hydrogens (tertiary/aromatic N) is 1. The first-order valence-electron chi connectivity index (χ1n) is 6.98. The van der Waals surface area contributed by atoms with Gasteiger partial charge in [0.1, 0.15) is 5.75 Å². The van der Waals surface area contributed by atoms with E-state index in [2.05, 4.69) is 0 Å². The highest BCUT2D eigenvalue weighted by atomic mass is 16.5. The van der Waals surface area contributed by atoms with Crippen LogP contribution in [-0.4, -0.2) is 32.3 Å². The molecule has 5 heteroatoms. The van der Waals surface area contributed by atoms with Crippen LogP contribution in [0.15, 0.2) is 18.2 Å². The summed E-state index contributed by atoms with van der Waals surface area (Å²) in [6, 6.07) is 5.53. The molecule has 2 unspecified atom stereocenters. The van der Waals surface area contributed by atoms with E-state index in [0.29, 0.717) is 19.6 Å². The first-order valence-corrected chi connectivity index (χ1v) is 6.98. The highest BCUT2D eigenvalue weighted by molar-refractivity contribution is 6.00. The van der Waals surface area contributed by atoms with Crippen LogP contribution in [0.5, 0.6) is 5.75 Å². The average molecular weight is 278 g/mol. The van der Waals surface area contributed by atoms with Crippen LogP contribution in [0.1, 0.15) is 31.9 Å². The smallest absolute Gasteiger partial charge is 0.268 e. The van der Waals surface area contributed by atoms with E-state index in [1.165, 1.54) is 0 Å². The Morgan fingerprint density at radius 2 is 2.20 bits per heavy atom. The van der Waals surface area contributed by atoms with Gasteiger partial charge < -0.3 is 20.1 Å². The van der Waals surface area contributed by atoms with Gasteiger partial charge in [0.2, 0.25) is 0 Å². The minimum atomic E-state index is -0.388. The zero-order valence-electron chi connectivity index (χ0n) is 12.3. The zero-order valence-corrected chi connectivity index (χ0v) is 12.3. The molecular formula is C15H22N2O3. The molecule has 1 aromatic rings. The summed E-state index contributed by atoms with van der Waals surface area (Å²) < 4.78 is 10.8. The molecule has 2 atom stereocenters. The number of carbonyl (C=O) groups is 1. The number of ether oxygens (including phenoxy) is 2. The van der Waals surface area contributed by atoms with E-state index in [4.69, 9.17) is 15.2 Å². The molecule has 0 bridgehead atoms. The fourth-order valence-electron chi connectivity index (χ4n) is 2.43. The average Bonchev–Trinajstić information content (AvgIpc) is 2.46. The summed E-state index contributed by atoms with van der Waals surface area (Å²) in [6.07, 6.45) is 0.278. The quantitative estimate of drug-likeness (QED) is 0.893. The predicted molar refractivity (Wildman–Crippen MR) is 78.0 cm³/mol. The number of hydrogen-bond donors (Lipinski definition) is 1. The van der Waals surface area contributed by atoms with Crippen molar-refractivity contribution in [2.75, 3.05) is 25.2 Å². The van der Waals surface area contributed by atoms with Gasteiger partial charge in [-0.2, -0.15) is 0 Å². The van der Waals surface area contributed by atoms with Crippen LogP contribution in [-0.2, 0) is 9.53 Å². The number of amides is 1. The minimum absolute atomic E-state index is 0.0139. The summed E-state index contributed by atoms with van der Waals surface area (Å²) in [5, 5.41) is 0. The maximum atomic E-state index is 12.3. The van der Waals surface area contributed by atoms with E-state index in [1.807, 2.05) is 32.0 Å². The summed E-state index contributed by atoms with van der Waals surface area (Å²) in [6.45, 7) is 4.97. The Balaban J connectivity index is 2.37. The van der Waals surface area contributed by atoms with Gasteiger partial charge in [0.15, 0.2) is 6.10 Å². The molecule has 1 aliphatic heterocycles. The largest absolute Gasteiger partial charge is 0.478 e. The number of anilines is 1. The lowest BCUT2D eigenvalue weighted by molar-refractivity contribution is -0.126.